The molecule has 0 saturated heterocycles. The number of benzene rings is 3. The highest BCUT2D eigenvalue weighted by Gasteiger charge is 2.14. The molecule has 3 rings (SSSR count). The zero-order valence-electron chi connectivity index (χ0n) is 12.9. The zero-order valence-corrected chi connectivity index (χ0v) is 14.5. The second-order valence-electron chi connectivity index (χ2n) is 5.32. The maximum Gasteiger partial charge on any atom is 0.271 e. The van der Waals surface area contributed by atoms with Gasteiger partial charge in [-0.05, 0) is 51.7 Å². The van der Waals surface area contributed by atoms with Gasteiger partial charge >= 0.3 is 0 Å². The topological polar surface area (TPSA) is 52.4 Å². The van der Waals surface area contributed by atoms with Crippen LogP contribution in [-0.4, -0.2) is 4.92 Å². The number of aryl methyl sites for hydroxylation is 1. The van der Waals surface area contributed by atoms with Crippen LogP contribution in [0.25, 0.3) is 11.1 Å². The van der Waals surface area contributed by atoms with Gasteiger partial charge in [-0.25, -0.2) is 0 Å². The fourth-order valence-electron chi connectivity index (χ4n) is 2.41. The molecule has 120 valence electrons. The number of nitrogens with zero attached hydrogens (tertiary/aromatic N) is 1. The Morgan fingerprint density at radius 1 is 0.958 bits per heavy atom. The first kappa shape index (κ1) is 16.2. The third kappa shape index (κ3) is 3.46. The minimum absolute atomic E-state index is 0.0335. The maximum absolute atomic E-state index is 10.9. The molecule has 0 aliphatic heterocycles. The first-order valence-corrected chi connectivity index (χ1v) is 8.12. The molecule has 0 N–H and O–H groups in total. The fraction of sp³-hybridized carbons (Fsp3) is 0.0526. The quantitative estimate of drug-likeness (QED) is 0.402. The predicted molar refractivity (Wildman–Crippen MR) is 97.5 cm³/mol. The van der Waals surface area contributed by atoms with Gasteiger partial charge in [0, 0.05) is 12.1 Å². The highest BCUT2D eigenvalue weighted by atomic mass is 79.9. The number of hydrogen-bond acceptors (Lipinski definition) is 3. The zero-order chi connectivity index (χ0) is 17.1. The van der Waals surface area contributed by atoms with E-state index >= 15 is 0 Å². The summed E-state index contributed by atoms with van der Waals surface area (Å²) in [4.78, 5) is 10.5. The summed E-state index contributed by atoms with van der Waals surface area (Å²) in [5.41, 5.74) is 2.97. The van der Waals surface area contributed by atoms with Gasteiger partial charge in [-0.3, -0.25) is 10.1 Å². The molecule has 0 saturated carbocycles. The number of nitro benzene ring substituents is 1. The van der Waals surface area contributed by atoms with Gasteiger partial charge in [0.2, 0.25) is 0 Å². The summed E-state index contributed by atoms with van der Waals surface area (Å²) in [6.45, 7) is 1.78. The highest BCUT2D eigenvalue weighted by Crippen LogP contribution is 2.36. The fourth-order valence-corrected chi connectivity index (χ4v) is 3.04. The molecule has 0 bridgehead atoms. The van der Waals surface area contributed by atoms with Crippen molar-refractivity contribution in [2.45, 2.75) is 6.92 Å². The third-order valence-electron chi connectivity index (χ3n) is 3.61. The second kappa shape index (κ2) is 6.84. The number of nitro groups is 1. The smallest absolute Gasteiger partial charge is 0.271 e. The average Bonchev–Trinajstić information content (AvgIpc) is 2.59. The molecule has 5 heteroatoms. The van der Waals surface area contributed by atoms with Gasteiger partial charge in [-0.1, -0.05) is 42.5 Å². The number of non-ortho nitro benzene ring substituents is 1. The Bertz CT molecular complexity index is 854. The molecule has 0 radical (unpaired) electrons. The van der Waals surface area contributed by atoms with Gasteiger partial charge in [-0.15, -0.1) is 0 Å². The van der Waals surface area contributed by atoms with E-state index in [2.05, 4.69) is 15.9 Å². The molecule has 3 aromatic carbocycles. The number of rotatable bonds is 4. The summed E-state index contributed by atoms with van der Waals surface area (Å²) in [7, 11) is 0. The van der Waals surface area contributed by atoms with Gasteiger partial charge in [0.1, 0.15) is 11.5 Å². The van der Waals surface area contributed by atoms with E-state index in [1.165, 1.54) is 12.1 Å². The molecule has 3 aromatic rings. The number of hydrogen-bond donors (Lipinski definition) is 0. The molecule has 0 heterocycles. The highest BCUT2D eigenvalue weighted by molar-refractivity contribution is 9.10. The second-order valence-corrected chi connectivity index (χ2v) is 6.18. The minimum atomic E-state index is -0.420. The van der Waals surface area contributed by atoms with Crippen LogP contribution in [0.2, 0.25) is 0 Å². The van der Waals surface area contributed by atoms with E-state index < -0.39 is 4.92 Å². The van der Waals surface area contributed by atoms with E-state index in [9.17, 15) is 10.1 Å². The summed E-state index contributed by atoms with van der Waals surface area (Å²) in [5.74, 6) is 1.25. The Morgan fingerprint density at radius 2 is 1.58 bits per heavy atom. The summed E-state index contributed by atoms with van der Waals surface area (Å²) in [5, 5.41) is 10.9. The Balaban J connectivity index is 1.86. The van der Waals surface area contributed by atoms with E-state index in [-0.39, 0.29) is 5.69 Å². The van der Waals surface area contributed by atoms with Gasteiger partial charge in [0.15, 0.2) is 0 Å². The van der Waals surface area contributed by atoms with Crippen molar-refractivity contribution in [3.05, 3.63) is 86.9 Å². The predicted octanol–water partition coefficient (Wildman–Crippen LogP) is 6.13. The first-order valence-electron chi connectivity index (χ1n) is 7.32. The van der Waals surface area contributed by atoms with Crippen LogP contribution in [0.3, 0.4) is 0 Å². The molecule has 4 nitrogen and oxygen atoms in total. The molecular formula is C19H14BrNO3. The van der Waals surface area contributed by atoms with Crippen molar-refractivity contribution in [2.75, 3.05) is 0 Å². The van der Waals surface area contributed by atoms with Crippen LogP contribution in [0, 0.1) is 17.0 Å². The van der Waals surface area contributed by atoms with Gasteiger partial charge in [-0.2, -0.15) is 0 Å². The van der Waals surface area contributed by atoms with Crippen molar-refractivity contribution < 1.29 is 9.66 Å². The van der Waals surface area contributed by atoms with Gasteiger partial charge < -0.3 is 4.74 Å². The van der Waals surface area contributed by atoms with Crippen LogP contribution < -0.4 is 4.74 Å². The molecule has 0 spiro atoms. The lowest BCUT2D eigenvalue weighted by Crippen LogP contribution is -1.93. The van der Waals surface area contributed by atoms with E-state index in [1.807, 2.05) is 54.6 Å². The monoisotopic (exact) mass is 383 g/mol. The molecule has 0 aliphatic carbocycles. The number of ether oxygens (including phenoxy) is 1. The standard InChI is InChI=1S/C19H14BrNO3/c1-13-11-16(21(22)23)12-18(20)19(13)24-17-9-7-15(8-10-17)14-5-3-2-4-6-14/h2-12H,1H3. The summed E-state index contributed by atoms with van der Waals surface area (Å²) < 4.78 is 6.45. The Morgan fingerprint density at radius 3 is 2.17 bits per heavy atom. The van der Waals surface area contributed by atoms with Crippen LogP contribution in [0.5, 0.6) is 11.5 Å². The third-order valence-corrected chi connectivity index (χ3v) is 4.20. The molecule has 0 fully saturated rings. The Labute approximate surface area is 148 Å². The lowest BCUT2D eigenvalue weighted by atomic mass is 10.1. The average molecular weight is 384 g/mol. The molecule has 0 unspecified atom stereocenters. The summed E-state index contributed by atoms with van der Waals surface area (Å²) >= 11 is 3.35. The van der Waals surface area contributed by atoms with E-state index in [1.54, 1.807) is 6.92 Å². The van der Waals surface area contributed by atoms with Crippen LogP contribution >= 0.6 is 15.9 Å². The first-order chi connectivity index (χ1) is 11.5. The van der Waals surface area contributed by atoms with Crippen LogP contribution in [0.15, 0.2) is 71.2 Å². The largest absolute Gasteiger partial charge is 0.456 e. The SMILES string of the molecule is Cc1cc([N+](=O)[O-])cc(Br)c1Oc1ccc(-c2ccccc2)cc1. The van der Waals surface area contributed by atoms with Crippen LogP contribution in [0.4, 0.5) is 5.69 Å². The van der Waals surface area contributed by atoms with Crippen LogP contribution in [-0.2, 0) is 0 Å². The van der Waals surface area contributed by atoms with Gasteiger partial charge in [0.25, 0.3) is 5.69 Å². The Kier molecular flexibility index (Phi) is 4.62. The van der Waals surface area contributed by atoms with Crippen molar-refractivity contribution in [1.82, 2.24) is 0 Å². The van der Waals surface area contributed by atoms with E-state index in [0.717, 1.165) is 11.1 Å². The van der Waals surface area contributed by atoms with Crippen molar-refractivity contribution in [1.29, 1.82) is 0 Å². The van der Waals surface area contributed by atoms with E-state index in [4.69, 9.17) is 4.74 Å². The van der Waals surface area contributed by atoms with E-state index in [0.29, 0.717) is 21.5 Å². The Hall–Kier alpha value is -2.66. The molecule has 0 atom stereocenters. The lowest BCUT2D eigenvalue weighted by molar-refractivity contribution is -0.385. The number of halogens is 1. The van der Waals surface area contributed by atoms with Crippen molar-refractivity contribution in [3.63, 3.8) is 0 Å². The van der Waals surface area contributed by atoms with Gasteiger partial charge in [0.05, 0.1) is 9.40 Å². The van der Waals surface area contributed by atoms with Crippen molar-refractivity contribution >= 4 is 21.6 Å². The normalized spacial score (nSPS) is 10.4. The molecule has 24 heavy (non-hydrogen) atoms. The molecule has 0 amide bonds. The molecule has 0 aromatic heterocycles. The summed E-state index contributed by atoms with van der Waals surface area (Å²) in [6.07, 6.45) is 0. The lowest BCUT2D eigenvalue weighted by Gasteiger charge is -2.11. The summed E-state index contributed by atoms with van der Waals surface area (Å²) in [6, 6.07) is 20.8. The van der Waals surface area contributed by atoms with Crippen LogP contribution in [0.1, 0.15) is 5.56 Å². The van der Waals surface area contributed by atoms with Crippen molar-refractivity contribution in [3.8, 4) is 22.6 Å². The maximum atomic E-state index is 10.9. The van der Waals surface area contributed by atoms with Crippen molar-refractivity contribution in [2.24, 2.45) is 0 Å². The molecular weight excluding hydrogens is 370 g/mol. The molecule has 0 aliphatic rings. The minimum Gasteiger partial charge on any atom is -0.456 e.